The Bertz CT molecular complexity index is 486. The van der Waals surface area contributed by atoms with Crippen molar-refractivity contribution in [3.05, 3.63) is 29.3 Å². The van der Waals surface area contributed by atoms with Crippen LogP contribution in [0.4, 0.5) is 5.69 Å². The van der Waals surface area contributed by atoms with Crippen molar-refractivity contribution in [2.75, 3.05) is 12.4 Å². The van der Waals surface area contributed by atoms with E-state index < -0.39 is 0 Å². The fourth-order valence-electron chi connectivity index (χ4n) is 2.06. The van der Waals surface area contributed by atoms with Crippen LogP contribution in [0.5, 0.6) is 0 Å². The third-order valence-electron chi connectivity index (χ3n) is 3.19. The van der Waals surface area contributed by atoms with Gasteiger partial charge in [0.05, 0.1) is 0 Å². The van der Waals surface area contributed by atoms with Crippen LogP contribution in [0.1, 0.15) is 42.1 Å². The number of carbonyl (C=O) groups excluding carboxylic acids is 2. The molecule has 0 bridgehead atoms. The molecule has 20 heavy (non-hydrogen) atoms. The Hall–Kier alpha value is -1.88. The Morgan fingerprint density at radius 3 is 2.65 bits per heavy atom. The highest BCUT2D eigenvalue weighted by Crippen LogP contribution is 2.19. The smallest absolute Gasteiger partial charge is 0.251 e. The molecule has 110 valence electrons. The van der Waals surface area contributed by atoms with Crippen LogP contribution in [0.3, 0.4) is 0 Å². The Balaban J connectivity index is 2.78. The molecule has 1 atom stereocenters. The first-order chi connectivity index (χ1) is 9.49. The maximum atomic E-state index is 11.9. The zero-order valence-electron chi connectivity index (χ0n) is 12.3. The van der Waals surface area contributed by atoms with Crippen molar-refractivity contribution in [3.63, 3.8) is 0 Å². The maximum Gasteiger partial charge on any atom is 0.251 e. The molecule has 0 fully saturated rings. The molecule has 1 unspecified atom stereocenters. The third-order valence-corrected chi connectivity index (χ3v) is 3.19. The van der Waals surface area contributed by atoms with Gasteiger partial charge < -0.3 is 16.4 Å². The molecule has 0 radical (unpaired) electrons. The van der Waals surface area contributed by atoms with Crippen LogP contribution in [-0.4, -0.2) is 24.9 Å². The second-order valence-electron chi connectivity index (χ2n) is 4.86. The van der Waals surface area contributed by atoms with Gasteiger partial charge in [-0.15, -0.1) is 0 Å². The van der Waals surface area contributed by atoms with Gasteiger partial charge in [-0.05, 0) is 31.0 Å². The normalized spacial score (nSPS) is 11.8. The summed E-state index contributed by atoms with van der Waals surface area (Å²) in [5.41, 5.74) is 7.82. The van der Waals surface area contributed by atoms with Gasteiger partial charge in [-0.25, -0.2) is 0 Å². The van der Waals surface area contributed by atoms with E-state index in [1.54, 1.807) is 25.2 Å². The number of nitrogens with one attached hydrogen (secondary N) is 2. The number of rotatable bonds is 6. The molecule has 2 amide bonds. The highest BCUT2D eigenvalue weighted by Gasteiger charge is 2.13. The lowest BCUT2D eigenvalue weighted by molar-refractivity contribution is -0.116. The largest absolute Gasteiger partial charge is 0.355 e. The van der Waals surface area contributed by atoms with E-state index in [0.29, 0.717) is 11.3 Å². The summed E-state index contributed by atoms with van der Waals surface area (Å²) in [5, 5.41) is 5.40. The lowest BCUT2D eigenvalue weighted by atomic mass is 10.1. The van der Waals surface area contributed by atoms with Crippen LogP contribution in [-0.2, 0) is 4.79 Å². The van der Waals surface area contributed by atoms with Gasteiger partial charge >= 0.3 is 0 Å². The monoisotopic (exact) mass is 277 g/mol. The van der Waals surface area contributed by atoms with Crippen molar-refractivity contribution in [1.82, 2.24) is 5.32 Å². The minimum atomic E-state index is -0.165. The van der Waals surface area contributed by atoms with E-state index in [0.717, 1.165) is 18.4 Å². The van der Waals surface area contributed by atoms with Gasteiger partial charge in [0.25, 0.3) is 5.91 Å². The molecule has 0 aromatic heterocycles. The van der Waals surface area contributed by atoms with Gasteiger partial charge in [-0.3, -0.25) is 9.59 Å². The summed E-state index contributed by atoms with van der Waals surface area (Å²) in [6.45, 7) is 3.85. The van der Waals surface area contributed by atoms with Crippen molar-refractivity contribution in [2.24, 2.45) is 5.73 Å². The maximum absolute atomic E-state index is 11.9. The number of hydrogen-bond acceptors (Lipinski definition) is 3. The summed E-state index contributed by atoms with van der Waals surface area (Å²) in [5.74, 6) is -0.288. The molecule has 0 spiro atoms. The van der Waals surface area contributed by atoms with Crippen molar-refractivity contribution in [2.45, 2.75) is 39.2 Å². The van der Waals surface area contributed by atoms with Crippen molar-refractivity contribution >= 4 is 17.5 Å². The van der Waals surface area contributed by atoms with Gasteiger partial charge in [0.15, 0.2) is 0 Å². The van der Waals surface area contributed by atoms with Crippen LogP contribution in [0.2, 0.25) is 0 Å². The number of anilines is 1. The average molecular weight is 277 g/mol. The molecular weight excluding hydrogens is 254 g/mol. The minimum absolute atomic E-state index is 0.122. The standard InChI is InChI=1S/C15H23N3O2/c1-4-6-11(16)9-14(19)18-13-8-5-7-12(10(13)2)15(20)17-3/h5,7-8,11H,4,6,9,16H2,1-3H3,(H,17,20)(H,18,19). The molecule has 1 aromatic rings. The van der Waals surface area contributed by atoms with Crippen LogP contribution in [0, 0.1) is 6.92 Å². The molecule has 1 aromatic carbocycles. The van der Waals surface area contributed by atoms with E-state index in [9.17, 15) is 9.59 Å². The van der Waals surface area contributed by atoms with Crippen molar-refractivity contribution in [3.8, 4) is 0 Å². The zero-order valence-corrected chi connectivity index (χ0v) is 12.3. The average Bonchev–Trinajstić information content (AvgIpc) is 2.40. The predicted molar refractivity (Wildman–Crippen MR) is 80.7 cm³/mol. The van der Waals surface area contributed by atoms with Crippen LogP contribution >= 0.6 is 0 Å². The first-order valence-corrected chi connectivity index (χ1v) is 6.86. The summed E-state index contributed by atoms with van der Waals surface area (Å²) in [6.07, 6.45) is 2.07. The van der Waals surface area contributed by atoms with Crippen LogP contribution in [0.25, 0.3) is 0 Å². The van der Waals surface area contributed by atoms with E-state index in [-0.39, 0.29) is 24.3 Å². The van der Waals surface area contributed by atoms with E-state index in [1.165, 1.54) is 0 Å². The second kappa shape index (κ2) is 7.65. The van der Waals surface area contributed by atoms with E-state index in [4.69, 9.17) is 5.73 Å². The third kappa shape index (κ3) is 4.35. The Labute approximate surface area is 119 Å². The number of benzene rings is 1. The van der Waals surface area contributed by atoms with E-state index >= 15 is 0 Å². The minimum Gasteiger partial charge on any atom is -0.355 e. The first-order valence-electron chi connectivity index (χ1n) is 6.86. The molecule has 5 heteroatoms. The molecule has 0 aliphatic carbocycles. The van der Waals surface area contributed by atoms with Gasteiger partial charge in [0.2, 0.25) is 5.91 Å². The van der Waals surface area contributed by atoms with E-state index in [2.05, 4.69) is 10.6 Å². The first kappa shape index (κ1) is 16.2. The second-order valence-corrected chi connectivity index (χ2v) is 4.86. The molecule has 0 saturated heterocycles. The molecule has 0 aliphatic heterocycles. The van der Waals surface area contributed by atoms with Crippen LogP contribution < -0.4 is 16.4 Å². The van der Waals surface area contributed by atoms with Crippen molar-refractivity contribution in [1.29, 1.82) is 0 Å². The molecular formula is C15H23N3O2. The van der Waals surface area contributed by atoms with Gasteiger partial charge in [-0.1, -0.05) is 19.4 Å². The molecule has 4 N–H and O–H groups in total. The fraction of sp³-hybridized carbons (Fsp3) is 0.467. The summed E-state index contributed by atoms with van der Waals surface area (Å²) in [6, 6.07) is 5.14. The SMILES string of the molecule is CCCC(N)CC(=O)Nc1cccc(C(=O)NC)c1C. The van der Waals surface area contributed by atoms with E-state index in [1.807, 2.05) is 13.8 Å². The summed E-state index contributed by atoms with van der Waals surface area (Å²) < 4.78 is 0. The number of carbonyl (C=O) groups is 2. The Morgan fingerprint density at radius 1 is 1.35 bits per heavy atom. The van der Waals surface area contributed by atoms with Crippen LogP contribution in [0.15, 0.2) is 18.2 Å². The summed E-state index contributed by atoms with van der Waals surface area (Å²) >= 11 is 0. The molecule has 0 aliphatic rings. The predicted octanol–water partition coefficient (Wildman–Crippen LogP) is 1.81. The summed E-state index contributed by atoms with van der Waals surface area (Å²) in [7, 11) is 1.58. The molecule has 1 rings (SSSR count). The molecule has 0 saturated carbocycles. The highest BCUT2D eigenvalue weighted by molar-refractivity contribution is 5.99. The fourth-order valence-corrected chi connectivity index (χ4v) is 2.06. The highest BCUT2D eigenvalue weighted by atomic mass is 16.2. The lowest BCUT2D eigenvalue weighted by Crippen LogP contribution is -2.27. The van der Waals surface area contributed by atoms with Crippen molar-refractivity contribution < 1.29 is 9.59 Å². The lowest BCUT2D eigenvalue weighted by Gasteiger charge is -2.14. The molecule has 0 heterocycles. The Morgan fingerprint density at radius 2 is 2.05 bits per heavy atom. The summed E-state index contributed by atoms with van der Waals surface area (Å²) in [4.78, 5) is 23.6. The Kier molecular flexibility index (Phi) is 6.18. The zero-order chi connectivity index (χ0) is 15.1. The number of hydrogen-bond donors (Lipinski definition) is 3. The molecule has 5 nitrogen and oxygen atoms in total. The quantitative estimate of drug-likeness (QED) is 0.741. The van der Waals surface area contributed by atoms with Gasteiger partial charge in [-0.2, -0.15) is 0 Å². The number of nitrogens with two attached hydrogens (primary N) is 1. The van der Waals surface area contributed by atoms with Gasteiger partial charge in [0.1, 0.15) is 0 Å². The van der Waals surface area contributed by atoms with Gasteiger partial charge in [0, 0.05) is 30.8 Å². The number of amides is 2. The topological polar surface area (TPSA) is 84.2 Å².